The topological polar surface area (TPSA) is 78.7 Å². The van der Waals surface area contributed by atoms with Crippen LogP contribution in [0.2, 0.25) is 0 Å². The molecule has 0 bridgehead atoms. The molecule has 0 aliphatic carbocycles. The van der Waals surface area contributed by atoms with Crippen LogP contribution in [0.3, 0.4) is 0 Å². The second-order valence-electron chi connectivity index (χ2n) is 6.93. The molecule has 0 unspecified atom stereocenters. The molecule has 7 nitrogen and oxygen atoms in total. The summed E-state index contributed by atoms with van der Waals surface area (Å²) < 4.78 is 0. The summed E-state index contributed by atoms with van der Waals surface area (Å²) >= 11 is 1.66. The van der Waals surface area contributed by atoms with Crippen molar-refractivity contribution >= 4 is 28.7 Å². The molecule has 1 aromatic carbocycles. The molecule has 2 amide bonds. The molecule has 0 saturated carbocycles. The van der Waals surface area contributed by atoms with Gasteiger partial charge in [0.05, 0.1) is 11.0 Å². The highest BCUT2D eigenvalue weighted by molar-refractivity contribution is 7.10. The number of rotatable bonds is 5. The van der Waals surface area contributed by atoms with E-state index in [1.54, 1.807) is 23.5 Å². The van der Waals surface area contributed by atoms with Gasteiger partial charge in [-0.2, -0.15) is 0 Å². The summed E-state index contributed by atoms with van der Waals surface area (Å²) in [6.45, 7) is 6.87. The third-order valence-corrected chi connectivity index (χ3v) is 5.74. The number of carbonyl (C=O) groups is 1. The lowest BCUT2D eigenvalue weighted by atomic mass is 10.0. The molecule has 1 aliphatic rings. The number of benzene rings is 1. The molecule has 1 fully saturated rings. The molecule has 0 spiro atoms. The Kier molecular flexibility index (Phi) is 5.95. The van der Waals surface area contributed by atoms with Gasteiger partial charge in [0.15, 0.2) is 0 Å². The second-order valence-corrected chi connectivity index (χ2v) is 7.91. The molecule has 144 valence electrons. The fourth-order valence-electron chi connectivity index (χ4n) is 3.21. The van der Waals surface area contributed by atoms with Gasteiger partial charge in [-0.15, -0.1) is 11.3 Å². The van der Waals surface area contributed by atoms with E-state index < -0.39 is 4.92 Å². The maximum absolute atomic E-state index is 12.7. The van der Waals surface area contributed by atoms with E-state index in [0.717, 1.165) is 5.69 Å². The number of hydrogen-bond acceptors (Lipinski definition) is 5. The molecule has 1 aliphatic heterocycles. The lowest BCUT2D eigenvalue weighted by Gasteiger charge is -2.37. The minimum Gasteiger partial charge on any atom is -0.368 e. The number of nitrogens with one attached hydrogen (secondary N) is 1. The van der Waals surface area contributed by atoms with E-state index in [0.29, 0.717) is 32.1 Å². The SMILES string of the molecule is CC(C)[C@H](NC(=O)N1CCN(c2ccc([N+](=O)[O-])cc2)CC1)c1cccs1. The number of hydrogen-bond donors (Lipinski definition) is 1. The largest absolute Gasteiger partial charge is 0.368 e. The lowest BCUT2D eigenvalue weighted by Crippen LogP contribution is -2.52. The van der Waals surface area contributed by atoms with Crippen molar-refractivity contribution in [1.29, 1.82) is 0 Å². The molecule has 3 rings (SSSR count). The van der Waals surface area contributed by atoms with Gasteiger partial charge in [-0.1, -0.05) is 19.9 Å². The molecule has 2 heterocycles. The molecule has 1 aromatic heterocycles. The minimum absolute atomic E-state index is 0.0187. The smallest absolute Gasteiger partial charge is 0.318 e. The summed E-state index contributed by atoms with van der Waals surface area (Å²) in [5.41, 5.74) is 1.03. The van der Waals surface area contributed by atoms with Crippen LogP contribution < -0.4 is 10.2 Å². The minimum atomic E-state index is -0.398. The van der Waals surface area contributed by atoms with Crippen LogP contribution in [0.25, 0.3) is 0 Å². The van der Waals surface area contributed by atoms with Crippen molar-refractivity contribution in [2.45, 2.75) is 19.9 Å². The molecule has 1 atom stereocenters. The van der Waals surface area contributed by atoms with Crippen molar-refractivity contribution < 1.29 is 9.72 Å². The van der Waals surface area contributed by atoms with Crippen molar-refractivity contribution in [3.63, 3.8) is 0 Å². The number of amides is 2. The molecular weight excluding hydrogens is 364 g/mol. The van der Waals surface area contributed by atoms with Crippen LogP contribution >= 0.6 is 11.3 Å². The Hall–Kier alpha value is -2.61. The Bertz CT molecular complexity index is 769. The van der Waals surface area contributed by atoms with E-state index in [2.05, 4.69) is 30.1 Å². The van der Waals surface area contributed by atoms with Crippen molar-refractivity contribution in [1.82, 2.24) is 10.2 Å². The van der Waals surface area contributed by atoms with Gasteiger partial charge in [-0.05, 0) is 29.5 Å². The first-order valence-electron chi connectivity index (χ1n) is 9.04. The fraction of sp³-hybridized carbons (Fsp3) is 0.421. The standard InChI is InChI=1S/C19H24N4O3S/c1-14(2)18(17-4-3-13-27-17)20-19(24)22-11-9-21(10-12-22)15-5-7-16(8-6-15)23(25)26/h3-8,13-14,18H,9-12H2,1-2H3,(H,20,24)/t18-/m0/s1. The Morgan fingerprint density at radius 3 is 2.33 bits per heavy atom. The number of anilines is 1. The lowest BCUT2D eigenvalue weighted by molar-refractivity contribution is -0.384. The summed E-state index contributed by atoms with van der Waals surface area (Å²) in [5.74, 6) is 0.314. The average molecular weight is 388 g/mol. The van der Waals surface area contributed by atoms with E-state index in [1.807, 2.05) is 16.3 Å². The molecule has 1 saturated heterocycles. The Morgan fingerprint density at radius 1 is 1.15 bits per heavy atom. The first kappa shape index (κ1) is 19.2. The highest BCUT2D eigenvalue weighted by Gasteiger charge is 2.25. The molecular formula is C19H24N4O3S. The summed E-state index contributed by atoms with van der Waals surface area (Å²) in [6.07, 6.45) is 0. The van der Waals surface area contributed by atoms with Crippen LogP contribution in [0, 0.1) is 16.0 Å². The van der Waals surface area contributed by atoms with Gasteiger partial charge in [0.25, 0.3) is 5.69 Å². The summed E-state index contributed by atoms with van der Waals surface area (Å²) in [5, 5.41) is 16.0. The highest BCUT2D eigenvalue weighted by atomic mass is 32.1. The zero-order valence-corrected chi connectivity index (χ0v) is 16.3. The number of carbonyl (C=O) groups excluding carboxylic acids is 1. The third-order valence-electron chi connectivity index (χ3n) is 4.79. The van der Waals surface area contributed by atoms with Crippen LogP contribution in [0.5, 0.6) is 0 Å². The van der Waals surface area contributed by atoms with Gasteiger partial charge in [0.2, 0.25) is 0 Å². The number of nitrogens with zero attached hydrogens (tertiary/aromatic N) is 3. The highest BCUT2D eigenvalue weighted by Crippen LogP contribution is 2.26. The van der Waals surface area contributed by atoms with Gasteiger partial charge < -0.3 is 15.1 Å². The zero-order valence-electron chi connectivity index (χ0n) is 15.5. The van der Waals surface area contributed by atoms with E-state index in [4.69, 9.17) is 0 Å². The van der Waals surface area contributed by atoms with Crippen LogP contribution in [-0.2, 0) is 0 Å². The first-order chi connectivity index (χ1) is 13.0. The number of urea groups is 1. The van der Waals surface area contributed by atoms with Crippen molar-refractivity contribution in [3.8, 4) is 0 Å². The van der Waals surface area contributed by atoms with Gasteiger partial charge in [-0.25, -0.2) is 4.79 Å². The Labute approximate surface area is 162 Å². The summed E-state index contributed by atoms with van der Waals surface area (Å²) in [4.78, 5) is 28.2. The van der Waals surface area contributed by atoms with Crippen molar-refractivity contribution in [3.05, 3.63) is 56.8 Å². The number of nitro benzene ring substituents is 1. The van der Waals surface area contributed by atoms with E-state index >= 15 is 0 Å². The van der Waals surface area contributed by atoms with Crippen molar-refractivity contribution in [2.75, 3.05) is 31.1 Å². The van der Waals surface area contributed by atoms with Gasteiger partial charge in [-0.3, -0.25) is 10.1 Å². The Balaban J connectivity index is 1.56. The predicted molar refractivity (Wildman–Crippen MR) is 107 cm³/mol. The number of non-ortho nitro benzene ring substituents is 1. The van der Waals surface area contributed by atoms with E-state index in [-0.39, 0.29) is 17.8 Å². The van der Waals surface area contributed by atoms with Gasteiger partial charge in [0, 0.05) is 48.9 Å². The third kappa shape index (κ3) is 4.57. The molecule has 0 radical (unpaired) electrons. The summed E-state index contributed by atoms with van der Waals surface area (Å²) in [7, 11) is 0. The Morgan fingerprint density at radius 2 is 1.81 bits per heavy atom. The fourth-order valence-corrected chi connectivity index (χ4v) is 4.16. The summed E-state index contributed by atoms with van der Waals surface area (Å²) in [6, 6.07) is 10.6. The van der Waals surface area contributed by atoms with Crippen LogP contribution in [0.1, 0.15) is 24.8 Å². The zero-order chi connectivity index (χ0) is 19.4. The number of thiophene rings is 1. The van der Waals surface area contributed by atoms with Crippen LogP contribution in [0.4, 0.5) is 16.2 Å². The maximum Gasteiger partial charge on any atom is 0.318 e. The molecule has 2 aromatic rings. The monoisotopic (exact) mass is 388 g/mol. The maximum atomic E-state index is 12.7. The van der Waals surface area contributed by atoms with E-state index in [1.165, 1.54) is 17.0 Å². The van der Waals surface area contributed by atoms with Crippen molar-refractivity contribution in [2.24, 2.45) is 5.92 Å². The van der Waals surface area contributed by atoms with Gasteiger partial charge in [0.1, 0.15) is 0 Å². The molecule has 27 heavy (non-hydrogen) atoms. The number of nitro groups is 1. The van der Waals surface area contributed by atoms with Crippen LogP contribution in [-0.4, -0.2) is 42.0 Å². The molecule has 8 heteroatoms. The van der Waals surface area contributed by atoms with Crippen LogP contribution in [0.15, 0.2) is 41.8 Å². The average Bonchev–Trinajstić information content (AvgIpc) is 3.20. The molecule has 1 N–H and O–H groups in total. The number of piperazine rings is 1. The second kappa shape index (κ2) is 8.39. The van der Waals surface area contributed by atoms with E-state index in [9.17, 15) is 14.9 Å². The first-order valence-corrected chi connectivity index (χ1v) is 9.92. The van der Waals surface area contributed by atoms with Gasteiger partial charge >= 0.3 is 6.03 Å². The predicted octanol–water partition coefficient (Wildman–Crippen LogP) is 3.89. The normalized spacial score (nSPS) is 15.7. The quantitative estimate of drug-likeness (QED) is 0.623.